The van der Waals surface area contributed by atoms with Gasteiger partial charge in [-0.1, -0.05) is 19.4 Å². The summed E-state index contributed by atoms with van der Waals surface area (Å²) in [4.78, 5) is 0. The van der Waals surface area contributed by atoms with E-state index in [2.05, 4.69) is 16.1 Å². The molecule has 0 aliphatic rings. The number of sulfonamides is 1. The van der Waals surface area contributed by atoms with Crippen LogP contribution in [0.3, 0.4) is 0 Å². The van der Waals surface area contributed by atoms with Crippen LogP contribution in [0.25, 0.3) is 0 Å². The van der Waals surface area contributed by atoms with Crippen molar-refractivity contribution in [2.45, 2.75) is 19.8 Å². The molecule has 0 saturated heterocycles. The largest absolute Gasteiger partial charge is 0.355 e. The summed E-state index contributed by atoms with van der Waals surface area (Å²) in [6.45, 7) is 1.96. The number of anilines is 3. The molecule has 2 N–H and O–H groups in total. The molecule has 0 atom stereocenters. The molecule has 23 heavy (non-hydrogen) atoms. The Morgan fingerprint density at radius 1 is 1.04 bits per heavy atom. The van der Waals surface area contributed by atoms with Gasteiger partial charge in [0.2, 0.25) is 10.0 Å². The SMILES string of the molecule is CCCCS(=O)(=O)Nc1ccc(Nc2cccc(C#N)c2)cc1. The van der Waals surface area contributed by atoms with Crippen molar-refractivity contribution in [2.24, 2.45) is 0 Å². The van der Waals surface area contributed by atoms with Crippen molar-refractivity contribution in [1.29, 1.82) is 5.26 Å². The van der Waals surface area contributed by atoms with Gasteiger partial charge in [0, 0.05) is 17.1 Å². The van der Waals surface area contributed by atoms with Gasteiger partial charge in [-0.25, -0.2) is 8.42 Å². The molecule has 6 heteroatoms. The number of hydrogen-bond donors (Lipinski definition) is 2. The van der Waals surface area contributed by atoms with Crippen LogP contribution in [-0.2, 0) is 10.0 Å². The van der Waals surface area contributed by atoms with Crippen molar-refractivity contribution in [3.63, 3.8) is 0 Å². The predicted molar refractivity (Wildman–Crippen MR) is 93.2 cm³/mol. The summed E-state index contributed by atoms with van der Waals surface area (Å²) in [5.74, 6) is 0.129. The second-order valence-corrected chi connectivity index (χ2v) is 7.01. The van der Waals surface area contributed by atoms with E-state index in [9.17, 15) is 8.42 Å². The van der Waals surface area contributed by atoms with Crippen molar-refractivity contribution in [2.75, 3.05) is 15.8 Å². The van der Waals surface area contributed by atoms with Crippen LogP contribution < -0.4 is 10.0 Å². The van der Waals surface area contributed by atoms with Gasteiger partial charge >= 0.3 is 0 Å². The molecule has 2 rings (SSSR count). The summed E-state index contributed by atoms with van der Waals surface area (Å²) < 4.78 is 26.3. The fourth-order valence-corrected chi connectivity index (χ4v) is 3.29. The fourth-order valence-electron chi connectivity index (χ4n) is 2.02. The number of nitriles is 1. The van der Waals surface area contributed by atoms with E-state index >= 15 is 0 Å². The zero-order chi connectivity index (χ0) is 16.7. The summed E-state index contributed by atoms with van der Waals surface area (Å²) in [7, 11) is -3.28. The highest BCUT2D eigenvalue weighted by Crippen LogP contribution is 2.20. The molecule has 0 heterocycles. The second kappa shape index (κ2) is 7.65. The molecule has 0 aromatic heterocycles. The Morgan fingerprint density at radius 2 is 1.74 bits per heavy atom. The topological polar surface area (TPSA) is 82.0 Å². The Balaban J connectivity index is 2.03. The van der Waals surface area contributed by atoms with Gasteiger partial charge in [-0.15, -0.1) is 0 Å². The number of nitrogens with one attached hydrogen (secondary N) is 2. The molecule has 0 fully saturated rings. The van der Waals surface area contributed by atoms with Gasteiger partial charge in [0.25, 0.3) is 0 Å². The van der Waals surface area contributed by atoms with Gasteiger partial charge in [0.1, 0.15) is 0 Å². The van der Waals surface area contributed by atoms with Crippen LogP contribution in [0.15, 0.2) is 48.5 Å². The van der Waals surface area contributed by atoms with Crippen molar-refractivity contribution < 1.29 is 8.42 Å². The Kier molecular flexibility index (Phi) is 5.61. The first-order valence-electron chi connectivity index (χ1n) is 7.40. The van der Waals surface area contributed by atoms with Crippen molar-refractivity contribution in [3.05, 3.63) is 54.1 Å². The molecule has 0 spiro atoms. The summed E-state index contributed by atoms with van der Waals surface area (Å²) in [6, 6.07) is 16.2. The number of unbranched alkanes of at least 4 members (excludes halogenated alkanes) is 1. The first kappa shape index (κ1) is 16.8. The number of rotatable bonds is 7. The first-order chi connectivity index (χ1) is 11.0. The first-order valence-corrected chi connectivity index (χ1v) is 9.05. The van der Waals surface area contributed by atoms with Crippen LogP contribution >= 0.6 is 0 Å². The van der Waals surface area contributed by atoms with E-state index in [1.165, 1.54) is 0 Å². The highest BCUT2D eigenvalue weighted by Gasteiger charge is 2.09. The quantitative estimate of drug-likeness (QED) is 0.808. The van der Waals surface area contributed by atoms with E-state index in [1.807, 2.05) is 13.0 Å². The van der Waals surface area contributed by atoms with Gasteiger partial charge in [-0.3, -0.25) is 4.72 Å². The van der Waals surface area contributed by atoms with E-state index in [0.717, 1.165) is 17.8 Å². The number of hydrogen-bond acceptors (Lipinski definition) is 4. The molecule has 0 unspecified atom stereocenters. The molecule has 5 nitrogen and oxygen atoms in total. The van der Waals surface area contributed by atoms with E-state index in [-0.39, 0.29) is 5.75 Å². The average Bonchev–Trinajstić information content (AvgIpc) is 2.55. The van der Waals surface area contributed by atoms with Crippen molar-refractivity contribution >= 4 is 27.1 Å². The van der Waals surface area contributed by atoms with Gasteiger partial charge in [0.05, 0.1) is 17.4 Å². The predicted octanol–water partition coefficient (Wildman–Crippen LogP) is 3.84. The van der Waals surface area contributed by atoms with Crippen LogP contribution in [0.5, 0.6) is 0 Å². The molecule has 2 aromatic rings. The van der Waals surface area contributed by atoms with Gasteiger partial charge < -0.3 is 5.32 Å². The molecule has 0 radical (unpaired) electrons. The number of benzene rings is 2. The van der Waals surface area contributed by atoms with Gasteiger partial charge in [-0.2, -0.15) is 5.26 Å². The van der Waals surface area contributed by atoms with Crippen LogP contribution in [0.1, 0.15) is 25.3 Å². The maximum Gasteiger partial charge on any atom is 0.232 e. The third kappa shape index (κ3) is 5.31. The molecule has 2 aromatic carbocycles. The highest BCUT2D eigenvalue weighted by molar-refractivity contribution is 7.92. The molecule has 120 valence electrons. The lowest BCUT2D eigenvalue weighted by Crippen LogP contribution is -2.16. The fraction of sp³-hybridized carbons (Fsp3) is 0.235. The van der Waals surface area contributed by atoms with E-state index in [1.54, 1.807) is 42.5 Å². The molecule has 0 bridgehead atoms. The van der Waals surface area contributed by atoms with Crippen molar-refractivity contribution in [3.8, 4) is 6.07 Å². The smallest absolute Gasteiger partial charge is 0.232 e. The zero-order valence-electron chi connectivity index (χ0n) is 12.9. The maximum atomic E-state index is 11.8. The third-order valence-electron chi connectivity index (χ3n) is 3.21. The standard InChI is InChI=1S/C17H19N3O2S/c1-2-3-11-23(21,22)20-16-9-7-15(8-10-16)19-17-6-4-5-14(12-17)13-18/h4-10,12,19-20H,2-3,11H2,1H3. The minimum Gasteiger partial charge on any atom is -0.355 e. The summed E-state index contributed by atoms with van der Waals surface area (Å²) in [6.07, 6.45) is 1.48. The minimum atomic E-state index is -3.28. The van der Waals surface area contributed by atoms with E-state index in [4.69, 9.17) is 5.26 Å². The maximum absolute atomic E-state index is 11.8. The van der Waals surface area contributed by atoms with Crippen LogP contribution in [0.4, 0.5) is 17.1 Å². The van der Waals surface area contributed by atoms with E-state index < -0.39 is 10.0 Å². The Hall–Kier alpha value is -2.52. The number of nitrogens with zero attached hydrogens (tertiary/aromatic N) is 1. The summed E-state index contributed by atoms with van der Waals surface area (Å²) in [5.41, 5.74) is 2.74. The monoisotopic (exact) mass is 329 g/mol. The lowest BCUT2D eigenvalue weighted by molar-refractivity contribution is 0.598. The summed E-state index contributed by atoms with van der Waals surface area (Å²) >= 11 is 0. The average molecular weight is 329 g/mol. The molecule has 0 saturated carbocycles. The minimum absolute atomic E-state index is 0.129. The summed E-state index contributed by atoms with van der Waals surface area (Å²) in [5, 5.41) is 12.1. The molecular weight excluding hydrogens is 310 g/mol. The normalized spacial score (nSPS) is 10.8. The molecule has 0 aliphatic carbocycles. The van der Waals surface area contributed by atoms with E-state index in [0.29, 0.717) is 17.7 Å². The van der Waals surface area contributed by atoms with Crippen molar-refractivity contribution in [1.82, 2.24) is 0 Å². The highest BCUT2D eigenvalue weighted by atomic mass is 32.2. The third-order valence-corrected chi connectivity index (χ3v) is 4.58. The van der Waals surface area contributed by atoms with Crippen LogP contribution in [-0.4, -0.2) is 14.2 Å². The molecular formula is C17H19N3O2S. The van der Waals surface area contributed by atoms with Gasteiger partial charge in [0.15, 0.2) is 0 Å². The molecule has 0 aliphatic heterocycles. The Morgan fingerprint density at radius 3 is 2.39 bits per heavy atom. The Labute approximate surface area is 137 Å². The zero-order valence-corrected chi connectivity index (χ0v) is 13.7. The Bertz CT molecular complexity index is 793. The second-order valence-electron chi connectivity index (χ2n) is 5.17. The van der Waals surface area contributed by atoms with Crippen LogP contribution in [0, 0.1) is 11.3 Å². The van der Waals surface area contributed by atoms with Gasteiger partial charge in [-0.05, 0) is 48.9 Å². The van der Waals surface area contributed by atoms with Crippen LogP contribution in [0.2, 0.25) is 0 Å². The lowest BCUT2D eigenvalue weighted by atomic mass is 10.2. The molecule has 0 amide bonds. The lowest BCUT2D eigenvalue weighted by Gasteiger charge is -2.10.